The van der Waals surface area contributed by atoms with Crippen LogP contribution in [-0.4, -0.2) is 23.2 Å². The first-order chi connectivity index (χ1) is 11.1. The zero-order valence-corrected chi connectivity index (χ0v) is 13.6. The molecule has 1 aliphatic rings. The molecule has 0 aromatic heterocycles. The molecule has 0 unspecified atom stereocenters. The number of carbonyl (C=O) groups excluding carboxylic acids is 1. The van der Waals surface area contributed by atoms with E-state index in [1.54, 1.807) is 12.1 Å². The van der Waals surface area contributed by atoms with Crippen LogP contribution in [0.5, 0.6) is 11.5 Å². The third kappa shape index (κ3) is 3.29. The average molecular weight is 325 g/mol. The van der Waals surface area contributed by atoms with Crippen LogP contribution in [0.15, 0.2) is 52.4 Å². The summed E-state index contributed by atoms with van der Waals surface area (Å²) in [5, 5.41) is 10.3. The predicted molar refractivity (Wildman–Crippen MR) is 92.9 cm³/mol. The molecule has 2 aromatic rings. The van der Waals surface area contributed by atoms with Crippen LogP contribution in [0.4, 0.5) is 0 Å². The van der Waals surface area contributed by atoms with E-state index in [-0.39, 0.29) is 11.7 Å². The van der Waals surface area contributed by atoms with Crippen molar-refractivity contribution >= 4 is 28.8 Å². The summed E-state index contributed by atoms with van der Waals surface area (Å²) in [6, 6.07) is 12.9. The lowest BCUT2D eigenvalue weighted by Gasteiger charge is -2.05. The van der Waals surface area contributed by atoms with E-state index in [1.807, 2.05) is 37.3 Å². The Balaban J connectivity index is 1.86. The van der Waals surface area contributed by atoms with Crippen LogP contribution in [0, 0.1) is 6.92 Å². The lowest BCUT2D eigenvalue weighted by Crippen LogP contribution is -1.93. The third-order valence-electron chi connectivity index (χ3n) is 3.42. The number of phenolic OH excluding ortho intramolecular Hbond substituents is 1. The number of aryl methyl sites for hydroxylation is 1. The van der Waals surface area contributed by atoms with Crippen LogP contribution in [-0.2, 0) is 4.79 Å². The van der Waals surface area contributed by atoms with Gasteiger partial charge >= 0.3 is 0 Å². The third-order valence-corrected chi connectivity index (χ3v) is 4.46. The fraction of sp³-hybridized carbons (Fsp3) is 0.111. The van der Waals surface area contributed by atoms with Crippen LogP contribution < -0.4 is 4.74 Å². The lowest BCUT2D eigenvalue weighted by molar-refractivity contribution is -0.113. The fourth-order valence-electron chi connectivity index (χ4n) is 2.16. The van der Waals surface area contributed by atoms with Gasteiger partial charge in [-0.25, -0.2) is 4.99 Å². The molecule has 1 amide bonds. The van der Waals surface area contributed by atoms with Crippen molar-refractivity contribution in [2.24, 2.45) is 4.99 Å². The number of phenols is 1. The van der Waals surface area contributed by atoms with Crippen LogP contribution in [0.2, 0.25) is 0 Å². The van der Waals surface area contributed by atoms with Crippen molar-refractivity contribution < 1.29 is 14.6 Å². The highest BCUT2D eigenvalue weighted by molar-refractivity contribution is 8.19. The summed E-state index contributed by atoms with van der Waals surface area (Å²) in [5.41, 5.74) is 2.88. The number of aliphatic imine (C=N–C) groups is 1. The Hall–Kier alpha value is -2.53. The van der Waals surface area contributed by atoms with Crippen molar-refractivity contribution in [2.75, 3.05) is 7.11 Å². The SMILES string of the molecule is COc1cc(C2=NC(=O)C(=Cc3ccc(C)cc3)S2)ccc1O. The van der Waals surface area contributed by atoms with Crippen molar-refractivity contribution in [3.8, 4) is 11.5 Å². The normalized spacial score (nSPS) is 15.8. The second-order valence-electron chi connectivity index (χ2n) is 5.13. The molecule has 5 heteroatoms. The van der Waals surface area contributed by atoms with Crippen LogP contribution >= 0.6 is 11.8 Å². The number of ether oxygens (including phenoxy) is 1. The summed E-state index contributed by atoms with van der Waals surface area (Å²) in [4.78, 5) is 16.8. The summed E-state index contributed by atoms with van der Waals surface area (Å²) >= 11 is 1.32. The number of amides is 1. The first-order valence-corrected chi connectivity index (χ1v) is 7.85. The van der Waals surface area contributed by atoms with Crippen molar-refractivity contribution in [2.45, 2.75) is 6.92 Å². The lowest BCUT2D eigenvalue weighted by atomic mass is 10.1. The quantitative estimate of drug-likeness (QED) is 0.873. The minimum Gasteiger partial charge on any atom is -0.504 e. The van der Waals surface area contributed by atoms with Crippen molar-refractivity contribution in [3.05, 3.63) is 64.1 Å². The number of benzene rings is 2. The first kappa shape index (κ1) is 15.4. The highest BCUT2D eigenvalue weighted by Gasteiger charge is 2.23. The van der Waals surface area contributed by atoms with Gasteiger partial charge in [0.25, 0.3) is 5.91 Å². The van der Waals surface area contributed by atoms with Gasteiger partial charge in [0.05, 0.1) is 12.0 Å². The molecule has 1 N–H and O–H groups in total. The number of carbonyl (C=O) groups is 1. The van der Waals surface area contributed by atoms with Gasteiger partial charge in [0, 0.05) is 5.56 Å². The van der Waals surface area contributed by atoms with Crippen molar-refractivity contribution in [3.63, 3.8) is 0 Å². The number of aromatic hydroxyl groups is 1. The number of methoxy groups -OCH3 is 1. The standard InChI is InChI=1S/C18H15NO3S/c1-11-3-5-12(6-4-11)9-16-17(21)19-18(23-16)13-7-8-14(20)15(10-13)22-2/h3-10,20H,1-2H3. The van der Waals surface area contributed by atoms with Gasteiger partial charge in [-0.1, -0.05) is 41.6 Å². The largest absolute Gasteiger partial charge is 0.504 e. The Labute approximate surface area is 138 Å². The van der Waals surface area contributed by atoms with Gasteiger partial charge in [0.2, 0.25) is 0 Å². The number of thioether (sulfide) groups is 1. The molecule has 2 aromatic carbocycles. The Morgan fingerprint density at radius 3 is 2.61 bits per heavy atom. The molecular weight excluding hydrogens is 310 g/mol. The summed E-state index contributed by atoms with van der Waals surface area (Å²) in [6.45, 7) is 2.02. The van der Waals surface area contributed by atoms with Crippen LogP contribution in [0.3, 0.4) is 0 Å². The molecule has 1 heterocycles. The Morgan fingerprint density at radius 2 is 1.91 bits per heavy atom. The second kappa shape index (κ2) is 6.30. The maximum atomic E-state index is 12.1. The highest BCUT2D eigenvalue weighted by Crippen LogP contribution is 2.34. The van der Waals surface area contributed by atoms with Gasteiger partial charge in [0.15, 0.2) is 11.5 Å². The van der Waals surface area contributed by atoms with E-state index in [1.165, 1.54) is 30.5 Å². The summed E-state index contributed by atoms with van der Waals surface area (Å²) < 4.78 is 5.09. The Bertz CT molecular complexity index is 823. The minimum atomic E-state index is -0.252. The minimum absolute atomic E-state index is 0.0570. The van der Waals surface area contributed by atoms with E-state index in [4.69, 9.17) is 4.74 Å². The van der Waals surface area contributed by atoms with Gasteiger partial charge in [-0.05, 0) is 36.8 Å². The molecule has 0 saturated heterocycles. The second-order valence-corrected chi connectivity index (χ2v) is 6.16. The topological polar surface area (TPSA) is 58.9 Å². The van der Waals surface area contributed by atoms with E-state index in [9.17, 15) is 9.90 Å². The monoisotopic (exact) mass is 325 g/mol. The van der Waals surface area contributed by atoms with E-state index >= 15 is 0 Å². The summed E-state index contributed by atoms with van der Waals surface area (Å²) in [6.07, 6.45) is 1.83. The molecule has 0 spiro atoms. The molecule has 0 aliphatic carbocycles. The van der Waals surface area contributed by atoms with Crippen molar-refractivity contribution in [1.29, 1.82) is 0 Å². The zero-order valence-electron chi connectivity index (χ0n) is 12.7. The fourth-order valence-corrected chi connectivity index (χ4v) is 3.07. The molecule has 0 radical (unpaired) electrons. The Kier molecular flexibility index (Phi) is 4.21. The van der Waals surface area contributed by atoms with Gasteiger partial charge in [0.1, 0.15) is 5.04 Å². The smallest absolute Gasteiger partial charge is 0.284 e. The first-order valence-electron chi connectivity index (χ1n) is 7.03. The number of nitrogens with zero attached hydrogens (tertiary/aromatic N) is 1. The summed E-state index contributed by atoms with van der Waals surface area (Å²) in [5.74, 6) is 0.161. The molecule has 0 bridgehead atoms. The molecule has 3 rings (SSSR count). The molecule has 0 atom stereocenters. The zero-order chi connectivity index (χ0) is 16.4. The van der Waals surface area contributed by atoms with E-state index < -0.39 is 0 Å². The van der Waals surface area contributed by atoms with Crippen molar-refractivity contribution in [1.82, 2.24) is 0 Å². The maximum absolute atomic E-state index is 12.1. The van der Waals surface area contributed by atoms with E-state index in [0.717, 1.165) is 11.1 Å². The van der Waals surface area contributed by atoms with Gasteiger partial charge in [-0.2, -0.15) is 0 Å². The molecule has 116 valence electrons. The van der Waals surface area contributed by atoms with E-state index in [2.05, 4.69) is 4.99 Å². The molecule has 1 aliphatic heterocycles. The number of rotatable bonds is 3. The molecular formula is C18H15NO3S. The van der Waals surface area contributed by atoms with E-state index in [0.29, 0.717) is 15.7 Å². The van der Waals surface area contributed by atoms with Gasteiger partial charge < -0.3 is 9.84 Å². The number of hydrogen-bond donors (Lipinski definition) is 1. The summed E-state index contributed by atoms with van der Waals surface area (Å²) in [7, 11) is 1.48. The Morgan fingerprint density at radius 1 is 1.17 bits per heavy atom. The average Bonchev–Trinajstić information content (AvgIpc) is 2.91. The molecule has 23 heavy (non-hydrogen) atoms. The van der Waals surface area contributed by atoms with Crippen LogP contribution in [0.25, 0.3) is 6.08 Å². The molecule has 4 nitrogen and oxygen atoms in total. The number of hydrogen-bond acceptors (Lipinski definition) is 4. The van der Waals surface area contributed by atoms with Gasteiger partial charge in [-0.15, -0.1) is 0 Å². The highest BCUT2D eigenvalue weighted by atomic mass is 32.2. The maximum Gasteiger partial charge on any atom is 0.284 e. The van der Waals surface area contributed by atoms with Crippen LogP contribution in [0.1, 0.15) is 16.7 Å². The molecule has 0 saturated carbocycles. The predicted octanol–water partition coefficient (Wildman–Crippen LogP) is 3.77. The molecule has 0 fully saturated rings. The van der Waals surface area contributed by atoms with Gasteiger partial charge in [-0.3, -0.25) is 4.79 Å².